The predicted molar refractivity (Wildman–Crippen MR) is 196 cm³/mol. The third-order valence-electron chi connectivity index (χ3n) is 6.97. The SMILES string of the molecule is Cc1ccc(S(=O)(=O)c2ccc(NC(=O)NCc3cccnc3)cc2)s1.O=C(Nc1ccc(S(=O)(=O)c2ccccc2)cc1)Nc1cccnc1. The molecule has 0 fully saturated rings. The summed E-state index contributed by atoms with van der Waals surface area (Å²) >= 11 is 1.24. The van der Waals surface area contributed by atoms with Crippen molar-refractivity contribution in [3.05, 3.63) is 150 Å². The minimum absolute atomic E-state index is 0.164. The van der Waals surface area contributed by atoms with Gasteiger partial charge in [0, 0.05) is 41.4 Å². The molecule has 3 aromatic heterocycles. The minimum Gasteiger partial charge on any atom is -0.334 e. The van der Waals surface area contributed by atoms with E-state index in [1.54, 1.807) is 104 Å². The van der Waals surface area contributed by atoms with Gasteiger partial charge in [0.25, 0.3) is 0 Å². The van der Waals surface area contributed by atoms with Crippen molar-refractivity contribution in [3.8, 4) is 0 Å². The summed E-state index contributed by atoms with van der Waals surface area (Å²) in [7, 11) is -7.10. The number of benzene rings is 3. The van der Waals surface area contributed by atoms with E-state index in [9.17, 15) is 26.4 Å². The van der Waals surface area contributed by atoms with Crippen molar-refractivity contribution in [2.24, 2.45) is 0 Å². The third kappa shape index (κ3) is 10.1. The predicted octanol–water partition coefficient (Wildman–Crippen LogP) is 7.16. The fourth-order valence-electron chi connectivity index (χ4n) is 4.43. The van der Waals surface area contributed by atoms with Crippen LogP contribution in [0.5, 0.6) is 0 Å². The molecule has 4 N–H and O–H groups in total. The van der Waals surface area contributed by atoms with Crippen molar-refractivity contribution >= 4 is 60.1 Å². The molecule has 0 aliphatic carbocycles. The van der Waals surface area contributed by atoms with E-state index in [1.807, 2.05) is 13.0 Å². The zero-order chi connectivity index (χ0) is 36.3. The quantitative estimate of drug-likeness (QED) is 0.121. The molecule has 0 spiro atoms. The van der Waals surface area contributed by atoms with Crippen molar-refractivity contribution in [2.45, 2.75) is 32.4 Å². The molecule has 0 unspecified atom stereocenters. The topological polar surface area (TPSA) is 176 Å². The Bertz CT molecular complexity index is 2290. The van der Waals surface area contributed by atoms with E-state index >= 15 is 0 Å². The molecule has 12 nitrogen and oxygen atoms in total. The summed E-state index contributed by atoms with van der Waals surface area (Å²) in [6.45, 7) is 2.21. The molecule has 0 saturated heterocycles. The third-order valence-corrected chi connectivity index (χ3v) is 12.0. The Morgan fingerprint density at radius 3 is 1.67 bits per heavy atom. The molecule has 0 saturated carbocycles. The Hall–Kier alpha value is -5.90. The molecule has 15 heteroatoms. The number of pyridine rings is 2. The highest BCUT2D eigenvalue weighted by Crippen LogP contribution is 2.28. The first-order valence-electron chi connectivity index (χ1n) is 15.2. The maximum atomic E-state index is 12.5. The molecule has 0 aliphatic rings. The molecule has 260 valence electrons. The second-order valence-electron chi connectivity index (χ2n) is 10.7. The molecule has 0 aliphatic heterocycles. The van der Waals surface area contributed by atoms with Crippen molar-refractivity contribution < 1.29 is 26.4 Å². The standard InChI is InChI=1S/C18H17N3O3S2.C18H15N3O3S/c1-13-4-9-17(25-13)26(23,24)16-7-5-15(6-8-16)21-18(22)20-12-14-3-2-10-19-11-14;22-18(21-15-5-4-12-19-13-15)20-14-8-10-17(11-9-14)25(23,24)16-6-2-1-3-7-16/h2-11H,12H2,1H3,(H2,20,21,22);1-13H,(H2,20,21,22). The van der Waals surface area contributed by atoms with E-state index in [4.69, 9.17) is 0 Å². The Labute approximate surface area is 299 Å². The number of amides is 4. The molecule has 51 heavy (non-hydrogen) atoms. The van der Waals surface area contributed by atoms with Gasteiger partial charge in [-0.1, -0.05) is 24.3 Å². The maximum absolute atomic E-state index is 12.5. The number of hydrogen-bond acceptors (Lipinski definition) is 9. The monoisotopic (exact) mass is 740 g/mol. The number of hydrogen-bond donors (Lipinski definition) is 4. The lowest BCUT2D eigenvalue weighted by Gasteiger charge is -2.09. The lowest BCUT2D eigenvalue weighted by molar-refractivity contribution is 0.251. The zero-order valence-electron chi connectivity index (χ0n) is 27.1. The number of sulfone groups is 2. The van der Waals surface area contributed by atoms with Crippen LogP contribution in [0.3, 0.4) is 0 Å². The first-order chi connectivity index (χ1) is 24.5. The number of aromatic nitrogens is 2. The second kappa shape index (κ2) is 16.7. The van der Waals surface area contributed by atoms with E-state index in [0.717, 1.165) is 10.4 Å². The molecule has 3 aromatic carbocycles. The Balaban J connectivity index is 0.000000198. The molecule has 0 atom stereocenters. The summed E-state index contributed by atoms with van der Waals surface area (Å²) < 4.78 is 50.4. The highest BCUT2D eigenvalue weighted by atomic mass is 32.2. The largest absolute Gasteiger partial charge is 0.334 e. The highest BCUT2D eigenvalue weighted by molar-refractivity contribution is 7.93. The molecule has 3 heterocycles. The van der Waals surface area contributed by atoms with Crippen LogP contribution in [0.15, 0.2) is 159 Å². The van der Waals surface area contributed by atoms with Crippen LogP contribution < -0.4 is 21.3 Å². The zero-order valence-corrected chi connectivity index (χ0v) is 29.5. The van der Waals surface area contributed by atoms with E-state index < -0.39 is 25.7 Å². The smallest absolute Gasteiger partial charge is 0.323 e. The summed E-state index contributed by atoms with van der Waals surface area (Å²) in [4.78, 5) is 33.3. The van der Waals surface area contributed by atoms with Gasteiger partial charge in [0.05, 0.1) is 26.6 Å². The fourth-order valence-corrected chi connectivity index (χ4v) is 8.40. The molecule has 4 amide bonds. The second-order valence-corrected chi connectivity index (χ2v) is 16.1. The van der Waals surface area contributed by atoms with Crippen LogP contribution >= 0.6 is 11.3 Å². The van der Waals surface area contributed by atoms with Crippen molar-refractivity contribution in [3.63, 3.8) is 0 Å². The summed E-state index contributed by atoms with van der Waals surface area (Å²) in [5.41, 5.74) is 2.43. The number of thiophene rings is 1. The normalized spacial score (nSPS) is 11.0. The number of nitrogens with zero attached hydrogens (tertiary/aromatic N) is 2. The highest BCUT2D eigenvalue weighted by Gasteiger charge is 2.20. The Kier molecular flexibility index (Phi) is 11.9. The first kappa shape index (κ1) is 36.4. The van der Waals surface area contributed by atoms with Crippen LogP contribution in [0, 0.1) is 6.92 Å². The first-order valence-corrected chi connectivity index (χ1v) is 19.0. The van der Waals surface area contributed by atoms with Crippen molar-refractivity contribution in [2.75, 3.05) is 16.0 Å². The molecule has 0 bridgehead atoms. The number of urea groups is 2. The summed E-state index contributed by atoms with van der Waals surface area (Å²) in [6.07, 6.45) is 6.47. The maximum Gasteiger partial charge on any atom is 0.323 e. The lowest BCUT2D eigenvalue weighted by atomic mass is 10.3. The van der Waals surface area contributed by atoms with Gasteiger partial charge in [-0.2, -0.15) is 0 Å². The minimum atomic E-state index is -3.57. The number of carbonyl (C=O) groups excluding carboxylic acids is 2. The molecular weight excluding hydrogens is 709 g/mol. The average Bonchev–Trinajstić information content (AvgIpc) is 3.60. The van der Waals surface area contributed by atoms with E-state index in [-0.39, 0.29) is 20.7 Å². The Morgan fingerprint density at radius 2 is 1.12 bits per heavy atom. The van der Waals surface area contributed by atoms with Gasteiger partial charge in [-0.3, -0.25) is 9.97 Å². The van der Waals surface area contributed by atoms with Gasteiger partial charge in [0.1, 0.15) is 4.21 Å². The number of rotatable bonds is 9. The van der Waals surface area contributed by atoms with Crippen LogP contribution in [0.1, 0.15) is 10.4 Å². The lowest BCUT2D eigenvalue weighted by Crippen LogP contribution is -2.28. The number of carbonyl (C=O) groups is 2. The van der Waals surface area contributed by atoms with Crippen LogP contribution in [-0.4, -0.2) is 38.9 Å². The molecule has 6 aromatic rings. The van der Waals surface area contributed by atoms with Gasteiger partial charge in [-0.05, 0) is 103 Å². The summed E-state index contributed by atoms with van der Waals surface area (Å²) in [5.74, 6) is 0. The van der Waals surface area contributed by atoms with Gasteiger partial charge in [-0.25, -0.2) is 26.4 Å². The van der Waals surface area contributed by atoms with Crippen molar-refractivity contribution in [1.29, 1.82) is 0 Å². The van der Waals surface area contributed by atoms with Gasteiger partial charge in [0.2, 0.25) is 19.7 Å². The van der Waals surface area contributed by atoms with Gasteiger partial charge in [-0.15, -0.1) is 11.3 Å². The molecule has 0 radical (unpaired) electrons. The van der Waals surface area contributed by atoms with Gasteiger partial charge >= 0.3 is 12.1 Å². The molecular formula is C36H32N6O6S3. The molecule has 6 rings (SSSR count). The number of nitrogens with one attached hydrogen (secondary N) is 4. The van der Waals surface area contributed by atoms with Crippen LogP contribution in [0.4, 0.5) is 26.7 Å². The summed E-state index contributed by atoms with van der Waals surface area (Å²) in [6, 6.07) is 29.9. The van der Waals surface area contributed by atoms with Crippen molar-refractivity contribution in [1.82, 2.24) is 15.3 Å². The fraction of sp³-hybridized carbons (Fsp3) is 0.0556. The Morgan fingerprint density at radius 1 is 0.569 bits per heavy atom. The van der Waals surface area contributed by atoms with E-state index in [0.29, 0.717) is 27.8 Å². The van der Waals surface area contributed by atoms with Gasteiger partial charge in [0.15, 0.2) is 0 Å². The average molecular weight is 741 g/mol. The van der Waals surface area contributed by atoms with Crippen LogP contribution in [0.2, 0.25) is 0 Å². The van der Waals surface area contributed by atoms with E-state index in [1.165, 1.54) is 41.8 Å². The van der Waals surface area contributed by atoms with E-state index in [2.05, 4.69) is 31.2 Å². The summed E-state index contributed by atoms with van der Waals surface area (Å²) in [5, 5.41) is 10.7. The number of anilines is 3. The van der Waals surface area contributed by atoms with Crippen LogP contribution in [0.25, 0.3) is 0 Å². The van der Waals surface area contributed by atoms with Gasteiger partial charge < -0.3 is 21.3 Å². The number of aryl methyl sites for hydroxylation is 1. The van der Waals surface area contributed by atoms with Crippen LogP contribution in [-0.2, 0) is 26.2 Å².